The highest BCUT2D eigenvalue weighted by atomic mass is 16.3. The van der Waals surface area contributed by atoms with Gasteiger partial charge in [-0.05, 0) is 25.8 Å². The zero-order chi connectivity index (χ0) is 5.82. The van der Waals surface area contributed by atoms with Crippen molar-refractivity contribution in [3.05, 3.63) is 0 Å². The van der Waals surface area contributed by atoms with Gasteiger partial charge in [0.15, 0.2) is 0 Å². The van der Waals surface area contributed by atoms with Gasteiger partial charge in [0.2, 0.25) is 0 Å². The Morgan fingerprint density at radius 3 is 3.12 bits per heavy atom. The molecule has 2 nitrogen and oxygen atoms in total. The average Bonchev–Trinajstić information content (AvgIpc) is 1.94. The molecule has 0 aliphatic carbocycles. The lowest BCUT2D eigenvalue weighted by Crippen LogP contribution is -2.23. The van der Waals surface area contributed by atoms with Crippen molar-refractivity contribution in [3.8, 4) is 0 Å². The highest BCUT2D eigenvalue weighted by Crippen LogP contribution is 2.02. The molecule has 0 radical (unpaired) electrons. The fourth-order valence-electron chi connectivity index (χ4n) is 1.00. The molecule has 8 heavy (non-hydrogen) atoms. The molecule has 0 amide bonds. The number of nitrogens with one attached hydrogen (secondary N) is 1. The van der Waals surface area contributed by atoms with E-state index in [1.807, 2.05) is 0 Å². The first kappa shape index (κ1) is 6.05. The Morgan fingerprint density at radius 1 is 1.38 bits per heavy atom. The van der Waals surface area contributed by atoms with E-state index in [4.69, 9.17) is 5.11 Å². The molecule has 0 saturated carbocycles. The van der Waals surface area contributed by atoms with E-state index in [2.05, 4.69) is 5.32 Å². The van der Waals surface area contributed by atoms with Crippen molar-refractivity contribution in [2.45, 2.75) is 25.4 Å². The molecule has 1 saturated heterocycles. The third-order valence-electron chi connectivity index (χ3n) is 1.52. The second-order valence-corrected chi connectivity index (χ2v) is 2.35. The van der Waals surface area contributed by atoms with E-state index >= 15 is 0 Å². The van der Waals surface area contributed by atoms with E-state index in [0.29, 0.717) is 0 Å². The molecule has 0 aromatic carbocycles. The first-order chi connectivity index (χ1) is 3.89. The summed E-state index contributed by atoms with van der Waals surface area (Å²) >= 11 is 0. The Bertz CT molecular complexity index is 57.5. The van der Waals surface area contributed by atoms with Crippen molar-refractivity contribution >= 4 is 0 Å². The molecule has 1 aliphatic rings. The standard InChI is InChI=1S/C6H13NO/c8-6-3-1-2-4-7-5-6/h6-8H,1-5H2. The van der Waals surface area contributed by atoms with Crippen LogP contribution in [-0.2, 0) is 0 Å². The molecule has 0 spiro atoms. The van der Waals surface area contributed by atoms with Crippen LogP contribution < -0.4 is 5.32 Å². The normalized spacial score (nSPS) is 31.9. The molecule has 0 aromatic rings. The Morgan fingerprint density at radius 2 is 2.25 bits per heavy atom. The van der Waals surface area contributed by atoms with Crippen LogP contribution in [0.1, 0.15) is 19.3 Å². The van der Waals surface area contributed by atoms with Crippen LogP contribution >= 0.6 is 0 Å². The van der Waals surface area contributed by atoms with E-state index < -0.39 is 0 Å². The quantitative estimate of drug-likeness (QED) is 0.470. The number of β-amino-alcohol motifs (C(OH)–C–C–N with tert-alkyl or cyclic N) is 1. The second-order valence-electron chi connectivity index (χ2n) is 2.35. The summed E-state index contributed by atoms with van der Waals surface area (Å²) in [6, 6.07) is 0. The van der Waals surface area contributed by atoms with Crippen molar-refractivity contribution in [1.29, 1.82) is 0 Å². The molecule has 48 valence electrons. The number of rotatable bonds is 0. The van der Waals surface area contributed by atoms with Gasteiger partial charge in [-0.3, -0.25) is 0 Å². The van der Waals surface area contributed by atoms with Crippen LogP contribution in [-0.4, -0.2) is 24.3 Å². The summed E-state index contributed by atoms with van der Waals surface area (Å²) in [7, 11) is 0. The molecule has 2 N–H and O–H groups in total. The molecule has 1 aliphatic heterocycles. The maximum absolute atomic E-state index is 9.03. The fourth-order valence-corrected chi connectivity index (χ4v) is 1.00. The van der Waals surface area contributed by atoms with Crippen molar-refractivity contribution in [1.82, 2.24) is 5.32 Å². The van der Waals surface area contributed by atoms with Gasteiger partial charge in [0, 0.05) is 6.54 Å². The van der Waals surface area contributed by atoms with Crippen LogP contribution in [0.25, 0.3) is 0 Å². The highest BCUT2D eigenvalue weighted by Gasteiger charge is 2.05. The van der Waals surface area contributed by atoms with Gasteiger partial charge in [-0.25, -0.2) is 0 Å². The predicted octanol–water partition coefficient (Wildman–Crippen LogP) is 0.121. The lowest BCUT2D eigenvalue weighted by atomic mass is 10.2. The minimum atomic E-state index is -0.0856. The maximum Gasteiger partial charge on any atom is 0.0664 e. The summed E-state index contributed by atoms with van der Waals surface area (Å²) in [6.07, 6.45) is 3.29. The van der Waals surface area contributed by atoms with E-state index in [1.165, 1.54) is 12.8 Å². The summed E-state index contributed by atoms with van der Waals surface area (Å²) in [5.74, 6) is 0. The van der Waals surface area contributed by atoms with Gasteiger partial charge in [-0.15, -0.1) is 0 Å². The molecule has 0 aromatic heterocycles. The highest BCUT2D eigenvalue weighted by molar-refractivity contribution is 4.64. The minimum absolute atomic E-state index is 0.0856. The van der Waals surface area contributed by atoms with E-state index in [1.54, 1.807) is 0 Å². The molecule has 1 unspecified atom stereocenters. The number of aliphatic hydroxyl groups excluding tert-OH is 1. The monoisotopic (exact) mass is 115 g/mol. The SMILES string of the molecule is OC1CCCCNC1. The summed E-state index contributed by atoms with van der Waals surface area (Å²) in [5, 5.41) is 12.2. The van der Waals surface area contributed by atoms with Crippen LogP contribution in [0.4, 0.5) is 0 Å². The zero-order valence-corrected chi connectivity index (χ0v) is 5.06. The van der Waals surface area contributed by atoms with E-state index in [0.717, 1.165) is 19.5 Å². The van der Waals surface area contributed by atoms with Gasteiger partial charge in [-0.1, -0.05) is 0 Å². The Kier molecular flexibility index (Phi) is 2.30. The van der Waals surface area contributed by atoms with Crippen LogP contribution in [0.3, 0.4) is 0 Å². The third kappa shape index (κ3) is 1.80. The van der Waals surface area contributed by atoms with Crippen LogP contribution in [0.5, 0.6) is 0 Å². The predicted molar refractivity (Wildman–Crippen MR) is 32.7 cm³/mol. The van der Waals surface area contributed by atoms with E-state index in [9.17, 15) is 0 Å². The summed E-state index contributed by atoms with van der Waals surface area (Å²) in [6.45, 7) is 1.87. The molecule has 1 fully saturated rings. The second kappa shape index (κ2) is 3.05. The van der Waals surface area contributed by atoms with Crippen LogP contribution in [0.2, 0.25) is 0 Å². The molecule has 1 atom stereocenters. The molecule has 1 heterocycles. The molecular weight excluding hydrogens is 102 g/mol. The summed E-state index contributed by atoms with van der Waals surface area (Å²) < 4.78 is 0. The number of aliphatic hydroxyl groups is 1. The van der Waals surface area contributed by atoms with Crippen molar-refractivity contribution in [3.63, 3.8) is 0 Å². The average molecular weight is 115 g/mol. The lowest BCUT2D eigenvalue weighted by molar-refractivity contribution is 0.168. The van der Waals surface area contributed by atoms with Crippen LogP contribution in [0.15, 0.2) is 0 Å². The van der Waals surface area contributed by atoms with Gasteiger partial charge in [0.1, 0.15) is 0 Å². The van der Waals surface area contributed by atoms with Crippen molar-refractivity contribution < 1.29 is 5.11 Å². The zero-order valence-electron chi connectivity index (χ0n) is 5.06. The van der Waals surface area contributed by atoms with Crippen LogP contribution in [0, 0.1) is 0 Å². The topological polar surface area (TPSA) is 32.3 Å². The molecule has 0 bridgehead atoms. The fraction of sp³-hybridized carbons (Fsp3) is 1.00. The Labute approximate surface area is 49.9 Å². The van der Waals surface area contributed by atoms with Gasteiger partial charge >= 0.3 is 0 Å². The van der Waals surface area contributed by atoms with Crippen molar-refractivity contribution in [2.24, 2.45) is 0 Å². The van der Waals surface area contributed by atoms with Gasteiger partial charge in [-0.2, -0.15) is 0 Å². The Hall–Kier alpha value is -0.0800. The lowest BCUT2D eigenvalue weighted by Gasteiger charge is -2.03. The first-order valence-corrected chi connectivity index (χ1v) is 3.28. The smallest absolute Gasteiger partial charge is 0.0664 e. The first-order valence-electron chi connectivity index (χ1n) is 3.28. The number of hydrogen-bond donors (Lipinski definition) is 2. The van der Waals surface area contributed by atoms with Gasteiger partial charge in [0.05, 0.1) is 6.10 Å². The maximum atomic E-state index is 9.03. The van der Waals surface area contributed by atoms with Crippen molar-refractivity contribution in [2.75, 3.05) is 13.1 Å². The molecular formula is C6H13NO. The summed E-state index contributed by atoms with van der Waals surface area (Å²) in [4.78, 5) is 0. The molecule has 1 rings (SSSR count). The summed E-state index contributed by atoms with van der Waals surface area (Å²) in [5.41, 5.74) is 0. The number of hydrogen-bond acceptors (Lipinski definition) is 2. The van der Waals surface area contributed by atoms with Gasteiger partial charge in [0.25, 0.3) is 0 Å². The van der Waals surface area contributed by atoms with E-state index in [-0.39, 0.29) is 6.10 Å². The van der Waals surface area contributed by atoms with Gasteiger partial charge < -0.3 is 10.4 Å². The third-order valence-corrected chi connectivity index (χ3v) is 1.52. The Balaban J connectivity index is 2.17. The minimum Gasteiger partial charge on any atom is -0.392 e. The molecule has 2 heteroatoms. The largest absolute Gasteiger partial charge is 0.392 e.